The van der Waals surface area contributed by atoms with Crippen LogP contribution in [0.5, 0.6) is 0 Å². The van der Waals surface area contributed by atoms with Crippen molar-refractivity contribution in [3.05, 3.63) is 78.2 Å². The number of benzene rings is 2. The molecule has 0 radical (unpaired) electrons. The predicted octanol–water partition coefficient (Wildman–Crippen LogP) is 5.98. The molecule has 0 unspecified atom stereocenters. The van der Waals surface area contributed by atoms with Crippen LogP contribution in [0, 0.1) is 0 Å². The number of hydrogen-bond acceptors (Lipinski definition) is 2. The number of aromatic nitrogens is 2. The molecule has 142 valence electrons. The van der Waals surface area contributed by atoms with Crippen molar-refractivity contribution >= 4 is 22.5 Å². The average Bonchev–Trinajstić information content (AvgIpc) is 3.07. The molecule has 0 aliphatic heterocycles. The summed E-state index contributed by atoms with van der Waals surface area (Å²) in [7, 11) is 4.24. The third-order valence-electron chi connectivity index (χ3n) is 5.02. The third-order valence-corrected chi connectivity index (χ3v) is 5.27. The molecule has 2 aromatic carbocycles. The highest BCUT2D eigenvalue weighted by Gasteiger charge is 2.11. The minimum absolute atomic E-state index is 0.744. The van der Waals surface area contributed by atoms with Crippen LogP contribution in [0.25, 0.3) is 33.2 Å². The minimum Gasteiger partial charge on any atom is -0.347 e. The van der Waals surface area contributed by atoms with Crippen molar-refractivity contribution in [1.29, 1.82) is 0 Å². The van der Waals surface area contributed by atoms with E-state index < -0.39 is 0 Å². The second kappa shape index (κ2) is 8.17. The van der Waals surface area contributed by atoms with Gasteiger partial charge in [0.1, 0.15) is 0 Å². The highest BCUT2D eigenvalue weighted by atomic mass is 35.5. The number of halogens is 1. The van der Waals surface area contributed by atoms with Gasteiger partial charge in [-0.1, -0.05) is 41.9 Å². The maximum atomic E-state index is 6.03. The first kappa shape index (κ1) is 18.7. The predicted molar refractivity (Wildman–Crippen MR) is 119 cm³/mol. The largest absolute Gasteiger partial charge is 0.347 e. The molecule has 0 saturated heterocycles. The lowest BCUT2D eigenvalue weighted by Gasteiger charge is -2.10. The van der Waals surface area contributed by atoms with Gasteiger partial charge in [0.05, 0.1) is 0 Å². The fraction of sp³-hybridized carbons (Fsp3) is 0.208. The number of para-hydroxylation sites is 1. The number of aryl methyl sites for hydroxylation is 1. The molecule has 0 saturated carbocycles. The molecule has 4 aromatic rings. The molecule has 0 aliphatic rings. The number of nitrogens with zero attached hydrogens (tertiary/aromatic N) is 3. The number of hydrogen-bond donors (Lipinski definition) is 0. The summed E-state index contributed by atoms with van der Waals surface area (Å²) in [4.78, 5) is 6.74. The maximum Gasteiger partial charge on any atom is 0.0486 e. The first-order valence-electron chi connectivity index (χ1n) is 9.56. The summed E-state index contributed by atoms with van der Waals surface area (Å²) in [5.41, 5.74) is 5.85. The topological polar surface area (TPSA) is 21.1 Å². The Bertz CT molecular complexity index is 1080. The van der Waals surface area contributed by atoms with Crippen LogP contribution in [0.2, 0.25) is 5.02 Å². The SMILES string of the molecule is CN(C)CCCn1cc(-c2cncc(-c3ccc(Cl)cc3)c2)c2ccccc21. The maximum absolute atomic E-state index is 6.03. The van der Waals surface area contributed by atoms with E-state index in [1.807, 2.05) is 36.7 Å². The Morgan fingerprint density at radius 3 is 2.46 bits per heavy atom. The molecule has 0 bridgehead atoms. The van der Waals surface area contributed by atoms with Crippen molar-refractivity contribution in [2.24, 2.45) is 0 Å². The highest BCUT2D eigenvalue weighted by Crippen LogP contribution is 2.32. The molecule has 0 amide bonds. The Kier molecular flexibility index (Phi) is 5.47. The van der Waals surface area contributed by atoms with Gasteiger partial charge in [0.15, 0.2) is 0 Å². The van der Waals surface area contributed by atoms with E-state index in [9.17, 15) is 0 Å². The van der Waals surface area contributed by atoms with E-state index in [4.69, 9.17) is 11.6 Å². The fourth-order valence-electron chi connectivity index (χ4n) is 3.61. The average molecular weight is 390 g/mol. The second-order valence-electron chi connectivity index (χ2n) is 7.38. The first-order valence-corrected chi connectivity index (χ1v) is 9.93. The van der Waals surface area contributed by atoms with E-state index >= 15 is 0 Å². The van der Waals surface area contributed by atoms with Gasteiger partial charge in [-0.2, -0.15) is 0 Å². The van der Waals surface area contributed by atoms with E-state index in [0.717, 1.165) is 41.2 Å². The second-order valence-corrected chi connectivity index (χ2v) is 7.82. The van der Waals surface area contributed by atoms with Gasteiger partial charge in [-0.05, 0) is 56.9 Å². The van der Waals surface area contributed by atoms with Crippen molar-refractivity contribution in [3.8, 4) is 22.3 Å². The molecule has 3 nitrogen and oxygen atoms in total. The standard InChI is InChI=1S/C24H24ClN3/c1-27(2)12-5-13-28-17-23(22-6-3-4-7-24(22)28)20-14-19(15-26-16-20)18-8-10-21(25)11-9-18/h3-4,6-11,14-17H,5,12-13H2,1-2H3. The number of rotatable bonds is 6. The molecule has 4 heteroatoms. The van der Waals surface area contributed by atoms with E-state index in [-0.39, 0.29) is 0 Å². The van der Waals surface area contributed by atoms with Crippen molar-refractivity contribution in [3.63, 3.8) is 0 Å². The van der Waals surface area contributed by atoms with Gasteiger partial charge in [0, 0.05) is 57.8 Å². The zero-order valence-corrected chi connectivity index (χ0v) is 17.0. The Hall–Kier alpha value is -2.62. The van der Waals surface area contributed by atoms with Crippen LogP contribution in [0.3, 0.4) is 0 Å². The van der Waals surface area contributed by atoms with Crippen LogP contribution in [0.15, 0.2) is 73.2 Å². The third kappa shape index (κ3) is 3.96. The summed E-state index contributed by atoms with van der Waals surface area (Å²) >= 11 is 6.03. The Balaban J connectivity index is 1.73. The van der Waals surface area contributed by atoms with Crippen LogP contribution in [-0.2, 0) is 6.54 Å². The summed E-state index contributed by atoms with van der Waals surface area (Å²) in [5, 5.41) is 2.01. The molecule has 4 rings (SSSR count). The number of pyridine rings is 1. The summed E-state index contributed by atoms with van der Waals surface area (Å²) in [5.74, 6) is 0. The molecular weight excluding hydrogens is 366 g/mol. The van der Waals surface area contributed by atoms with Crippen LogP contribution < -0.4 is 0 Å². The molecule has 0 atom stereocenters. The molecule has 2 heterocycles. The summed E-state index contributed by atoms with van der Waals surface area (Å²) in [6.45, 7) is 2.08. The molecule has 0 N–H and O–H groups in total. The van der Waals surface area contributed by atoms with Crippen molar-refractivity contribution < 1.29 is 0 Å². The molecule has 0 aliphatic carbocycles. The van der Waals surface area contributed by atoms with Crippen molar-refractivity contribution in [1.82, 2.24) is 14.5 Å². The monoisotopic (exact) mass is 389 g/mol. The zero-order valence-electron chi connectivity index (χ0n) is 16.3. The first-order chi connectivity index (χ1) is 13.6. The fourth-order valence-corrected chi connectivity index (χ4v) is 3.73. The van der Waals surface area contributed by atoms with Crippen molar-refractivity contribution in [2.45, 2.75) is 13.0 Å². The lowest BCUT2D eigenvalue weighted by atomic mass is 10.0. The normalized spacial score (nSPS) is 11.4. The van der Waals surface area contributed by atoms with E-state index in [0.29, 0.717) is 0 Å². The lowest BCUT2D eigenvalue weighted by Crippen LogP contribution is -2.14. The molecule has 0 fully saturated rings. The van der Waals surface area contributed by atoms with E-state index in [1.54, 1.807) is 0 Å². The smallest absolute Gasteiger partial charge is 0.0486 e. The number of fused-ring (bicyclic) bond motifs is 1. The van der Waals surface area contributed by atoms with Gasteiger partial charge < -0.3 is 9.47 Å². The van der Waals surface area contributed by atoms with Gasteiger partial charge >= 0.3 is 0 Å². The van der Waals surface area contributed by atoms with Crippen LogP contribution >= 0.6 is 11.6 Å². The van der Waals surface area contributed by atoms with Crippen molar-refractivity contribution in [2.75, 3.05) is 20.6 Å². The van der Waals surface area contributed by atoms with Gasteiger partial charge in [0.25, 0.3) is 0 Å². The van der Waals surface area contributed by atoms with Gasteiger partial charge in [-0.15, -0.1) is 0 Å². The summed E-state index contributed by atoms with van der Waals surface area (Å²) in [6.07, 6.45) is 7.24. The highest BCUT2D eigenvalue weighted by molar-refractivity contribution is 6.30. The zero-order chi connectivity index (χ0) is 19.5. The van der Waals surface area contributed by atoms with E-state index in [1.165, 1.54) is 16.5 Å². The summed E-state index contributed by atoms with van der Waals surface area (Å²) < 4.78 is 2.36. The molecule has 2 aromatic heterocycles. The Morgan fingerprint density at radius 2 is 1.68 bits per heavy atom. The van der Waals surface area contributed by atoms with Gasteiger partial charge in [0.2, 0.25) is 0 Å². The summed E-state index contributed by atoms with van der Waals surface area (Å²) in [6, 6.07) is 18.7. The van der Waals surface area contributed by atoms with Crippen LogP contribution in [0.1, 0.15) is 6.42 Å². The van der Waals surface area contributed by atoms with Gasteiger partial charge in [-0.3, -0.25) is 4.98 Å². The van der Waals surface area contributed by atoms with Gasteiger partial charge in [-0.25, -0.2) is 0 Å². The Labute approximate surface area is 171 Å². The lowest BCUT2D eigenvalue weighted by molar-refractivity contribution is 0.388. The molecule has 28 heavy (non-hydrogen) atoms. The van der Waals surface area contributed by atoms with E-state index in [2.05, 4.69) is 65.1 Å². The van der Waals surface area contributed by atoms with Crippen LogP contribution in [-0.4, -0.2) is 35.1 Å². The Morgan fingerprint density at radius 1 is 0.929 bits per heavy atom. The molecule has 0 spiro atoms. The quantitative estimate of drug-likeness (QED) is 0.404. The molecular formula is C24H24ClN3. The minimum atomic E-state index is 0.744. The van der Waals surface area contributed by atoms with Crippen LogP contribution in [0.4, 0.5) is 0 Å².